The van der Waals surface area contributed by atoms with E-state index in [9.17, 15) is 14.0 Å². The van der Waals surface area contributed by atoms with E-state index in [0.29, 0.717) is 28.1 Å². The fourth-order valence-electron chi connectivity index (χ4n) is 3.39. The predicted molar refractivity (Wildman–Crippen MR) is 103 cm³/mol. The maximum Gasteiger partial charge on any atom is 0.333 e. The molecule has 0 atom stereocenters. The maximum absolute atomic E-state index is 13.6. The quantitative estimate of drug-likeness (QED) is 0.547. The van der Waals surface area contributed by atoms with Crippen LogP contribution >= 0.6 is 0 Å². The maximum atomic E-state index is 13.6. The summed E-state index contributed by atoms with van der Waals surface area (Å²) in [6.07, 6.45) is 1.52. The van der Waals surface area contributed by atoms with E-state index in [1.165, 1.54) is 23.0 Å². The number of furan rings is 1. The van der Waals surface area contributed by atoms with Crippen LogP contribution in [0.4, 0.5) is 4.39 Å². The average Bonchev–Trinajstić information content (AvgIpc) is 3.15. The minimum atomic E-state index is -0.518. The highest BCUT2D eigenvalue weighted by molar-refractivity contribution is 5.78. The lowest BCUT2D eigenvalue weighted by Gasteiger charge is -2.14. The molecule has 4 aromatic rings. The fourth-order valence-corrected chi connectivity index (χ4v) is 3.39. The molecule has 0 radical (unpaired) electrons. The zero-order valence-corrected chi connectivity index (χ0v) is 15.5. The molecule has 0 aliphatic heterocycles. The van der Waals surface area contributed by atoms with Gasteiger partial charge in [-0.2, -0.15) is 0 Å². The molecule has 0 unspecified atom stereocenters. The van der Waals surface area contributed by atoms with Crippen molar-refractivity contribution in [2.24, 2.45) is 0 Å². The number of nitrogens with zero attached hydrogens (tertiary/aromatic N) is 3. The molecule has 4 rings (SSSR count). The summed E-state index contributed by atoms with van der Waals surface area (Å²) in [4.78, 5) is 30.8. The molecule has 0 N–H and O–H groups in total. The van der Waals surface area contributed by atoms with Crippen LogP contribution in [0.25, 0.3) is 11.0 Å². The number of hydrogen-bond donors (Lipinski definition) is 0. The Bertz CT molecular complexity index is 1290. The van der Waals surface area contributed by atoms with Gasteiger partial charge in [0, 0.05) is 5.69 Å². The van der Waals surface area contributed by atoms with Gasteiger partial charge in [-0.3, -0.25) is 13.9 Å². The number of halogens is 1. The molecule has 0 saturated carbocycles. The Balaban J connectivity index is 2.00. The second kappa shape index (κ2) is 6.92. The largest absolute Gasteiger partial charge is 0.467 e. The zero-order chi connectivity index (χ0) is 19.8. The molecule has 0 spiro atoms. The van der Waals surface area contributed by atoms with Crippen molar-refractivity contribution in [1.29, 1.82) is 0 Å². The molecule has 1 aromatic carbocycles. The van der Waals surface area contributed by atoms with E-state index in [-0.39, 0.29) is 13.1 Å². The van der Waals surface area contributed by atoms with Crippen molar-refractivity contribution < 1.29 is 8.81 Å². The van der Waals surface area contributed by atoms with Gasteiger partial charge in [0.15, 0.2) is 5.65 Å². The van der Waals surface area contributed by atoms with Crippen LogP contribution in [-0.2, 0) is 13.1 Å². The summed E-state index contributed by atoms with van der Waals surface area (Å²) in [7, 11) is 0. The van der Waals surface area contributed by atoms with E-state index in [1.54, 1.807) is 30.3 Å². The Hall–Kier alpha value is -3.48. The van der Waals surface area contributed by atoms with Crippen molar-refractivity contribution in [2.45, 2.75) is 26.9 Å². The van der Waals surface area contributed by atoms with Gasteiger partial charge in [0.2, 0.25) is 0 Å². The molecule has 0 saturated heterocycles. The molecule has 142 valence electrons. The first kappa shape index (κ1) is 17.9. The van der Waals surface area contributed by atoms with Gasteiger partial charge in [-0.15, -0.1) is 0 Å². The lowest BCUT2D eigenvalue weighted by atomic mass is 10.1. The summed E-state index contributed by atoms with van der Waals surface area (Å²) in [5.74, 6) is 0.149. The number of hydrogen-bond acceptors (Lipinski definition) is 4. The van der Waals surface area contributed by atoms with Crippen LogP contribution in [-0.4, -0.2) is 14.1 Å². The third-order valence-corrected chi connectivity index (χ3v) is 4.63. The normalized spacial score (nSPS) is 11.2. The van der Waals surface area contributed by atoms with Gasteiger partial charge < -0.3 is 4.42 Å². The first-order valence-electron chi connectivity index (χ1n) is 8.82. The van der Waals surface area contributed by atoms with Gasteiger partial charge in [0.25, 0.3) is 5.56 Å². The Morgan fingerprint density at radius 1 is 1.04 bits per heavy atom. The van der Waals surface area contributed by atoms with Gasteiger partial charge in [-0.05, 0) is 55.3 Å². The average molecular weight is 379 g/mol. The van der Waals surface area contributed by atoms with Gasteiger partial charge in [-0.25, -0.2) is 14.2 Å². The topological polar surface area (TPSA) is 70.0 Å². The van der Waals surface area contributed by atoms with E-state index in [1.807, 2.05) is 13.8 Å². The molecule has 0 bridgehead atoms. The van der Waals surface area contributed by atoms with Gasteiger partial charge in [0.1, 0.15) is 11.6 Å². The van der Waals surface area contributed by atoms with E-state index in [2.05, 4.69) is 4.98 Å². The standard InChI is InChI=1S/C21H18FN3O3/c1-13-9-14(2)23-19-18(13)20(26)25(11-15-5-3-6-16(22)10-15)21(27)24(19)12-17-7-4-8-28-17/h3-10H,11-12H2,1-2H3. The van der Waals surface area contributed by atoms with Crippen LogP contribution < -0.4 is 11.2 Å². The number of fused-ring (bicyclic) bond motifs is 1. The van der Waals surface area contributed by atoms with Crippen LogP contribution in [0.5, 0.6) is 0 Å². The molecule has 0 fully saturated rings. The van der Waals surface area contributed by atoms with Crippen molar-refractivity contribution in [3.8, 4) is 0 Å². The molecule has 6 nitrogen and oxygen atoms in total. The predicted octanol–water partition coefficient (Wildman–Crippen LogP) is 3.00. The highest BCUT2D eigenvalue weighted by Crippen LogP contribution is 2.15. The Morgan fingerprint density at radius 2 is 1.86 bits per heavy atom. The van der Waals surface area contributed by atoms with E-state index < -0.39 is 17.1 Å². The number of rotatable bonds is 4. The molecule has 0 amide bonds. The Kier molecular flexibility index (Phi) is 4.43. The van der Waals surface area contributed by atoms with Gasteiger partial charge in [-0.1, -0.05) is 12.1 Å². The summed E-state index contributed by atoms with van der Waals surface area (Å²) in [5.41, 5.74) is 1.33. The Morgan fingerprint density at radius 3 is 2.57 bits per heavy atom. The van der Waals surface area contributed by atoms with Crippen LogP contribution in [0.3, 0.4) is 0 Å². The minimum Gasteiger partial charge on any atom is -0.467 e. The van der Waals surface area contributed by atoms with Crippen molar-refractivity contribution >= 4 is 11.0 Å². The highest BCUT2D eigenvalue weighted by Gasteiger charge is 2.18. The second-order valence-corrected chi connectivity index (χ2v) is 6.75. The molecule has 0 aliphatic rings. The lowest BCUT2D eigenvalue weighted by Crippen LogP contribution is -2.41. The van der Waals surface area contributed by atoms with Crippen molar-refractivity contribution in [3.63, 3.8) is 0 Å². The summed E-state index contributed by atoms with van der Waals surface area (Å²) >= 11 is 0. The zero-order valence-electron chi connectivity index (χ0n) is 15.5. The monoisotopic (exact) mass is 379 g/mol. The smallest absolute Gasteiger partial charge is 0.333 e. The lowest BCUT2D eigenvalue weighted by molar-refractivity contribution is 0.484. The molecule has 0 aliphatic carbocycles. The highest BCUT2D eigenvalue weighted by atomic mass is 19.1. The summed E-state index contributed by atoms with van der Waals surface area (Å²) in [5, 5.41) is 0.369. The van der Waals surface area contributed by atoms with Gasteiger partial charge >= 0.3 is 5.69 Å². The van der Waals surface area contributed by atoms with Crippen molar-refractivity contribution in [3.05, 3.63) is 98.0 Å². The first-order valence-corrected chi connectivity index (χ1v) is 8.82. The molecule has 7 heteroatoms. The van der Waals surface area contributed by atoms with Crippen LogP contribution in [0.2, 0.25) is 0 Å². The van der Waals surface area contributed by atoms with Crippen molar-refractivity contribution in [2.75, 3.05) is 0 Å². The third-order valence-electron chi connectivity index (χ3n) is 4.63. The number of aryl methyl sites for hydroxylation is 2. The second-order valence-electron chi connectivity index (χ2n) is 6.75. The van der Waals surface area contributed by atoms with E-state index in [0.717, 1.165) is 10.1 Å². The first-order chi connectivity index (χ1) is 13.4. The van der Waals surface area contributed by atoms with E-state index >= 15 is 0 Å². The minimum absolute atomic E-state index is 0.0309. The number of aromatic nitrogens is 3. The molecule has 28 heavy (non-hydrogen) atoms. The molecular formula is C21H18FN3O3. The van der Waals surface area contributed by atoms with Crippen LogP contribution in [0.15, 0.2) is 62.7 Å². The molecular weight excluding hydrogens is 361 g/mol. The summed E-state index contributed by atoms with van der Waals surface area (Å²) in [6.45, 7) is 3.73. The van der Waals surface area contributed by atoms with Gasteiger partial charge in [0.05, 0.1) is 24.7 Å². The van der Waals surface area contributed by atoms with Crippen LogP contribution in [0.1, 0.15) is 22.6 Å². The van der Waals surface area contributed by atoms with Crippen LogP contribution in [0, 0.1) is 19.7 Å². The summed E-state index contributed by atoms with van der Waals surface area (Å²) in [6, 6.07) is 11.1. The Labute approximate surface area is 159 Å². The molecule has 3 heterocycles. The summed E-state index contributed by atoms with van der Waals surface area (Å²) < 4.78 is 21.5. The third kappa shape index (κ3) is 3.15. The number of pyridine rings is 1. The van der Waals surface area contributed by atoms with Crippen molar-refractivity contribution in [1.82, 2.24) is 14.1 Å². The van der Waals surface area contributed by atoms with E-state index in [4.69, 9.17) is 4.42 Å². The SMILES string of the molecule is Cc1cc(C)c2c(=O)n(Cc3cccc(F)c3)c(=O)n(Cc3ccco3)c2n1. The number of benzene rings is 1. The molecule has 3 aromatic heterocycles. The fraction of sp³-hybridized carbons (Fsp3) is 0.190.